The van der Waals surface area contributed by atoms with E-state index in [1.54, 1.807) is 36.4 Å². The van der Waals surface area contributed by atoms with Crippen LogP contribution in [0.15, 0.2) is 78.6 Å². The second-order valence-electron chi connectivity index (χ2n) is 6.14. The van der Waals surface area contributed by atoms with Gasteiger partial charge in [0.15, 0.2) is 0 Å². The van der Waals surface area contributed by atoms with Crippen molar-refractivity contribution < 1.29 is 19.1 Å². The zero-order chi connectivity index (χ0) is 19.7. The van der Waals surface area contributed by atoms with E-state index in [1.807, 2.05) is 0 Å². The largest absolute Gasteiger partial charge is 0.507 e. The van der Waals surface area contributed by atoms with Gasteiger partial charge in [0.25, 0.3) is 5.78 Å². The molecule has 1 aliphatic rings. The highest BCUT2D eigenvalue weighted by Crippen LogP contribution is 2.40. The third-order valence-electron chi connectivity index (χ3n) is 4.45. The van der Waals surface area contributed by atoms with E-state index in [0.29, 0.717) is 5.56 Å². The number of ketones is 1. The van der Waals surface area contributed by atoms with Crippen molar-refractivity contribution in [2.75, 3.05) is 4.90 Å². The van der Waals surface area contributed by atoms with E-state index in [0.717, 1.165) is 4.90 Å². The zero-order valence-electron chi connectivity index (χ0n) is 14.5. The first kappa shape index (κ1) is 17.5. The van der Waals surface area contributed by atoms with E-state index in [4.69, 9.17) is 0 Å². The van der Waals surface area contributed by atoms with Crippen LogP contribution in [0.2, 0.25) is 0 Å². The van der Waals surface area contributed by atoms with Crippen molar-refractivity contribution in [2.24, 2.45) is 0 Å². The lowest BCUT2D eigenvalue weighted by molar-refractivity contribution is -0.132. The molecule has 138 valence electrons. The van der Waals surface area contributed by atoms with Crippen LogP contribution < -0.4 is 4.90 Å². The summed E-state index contributed by atoms with van der Waals surface area (Å²) in [7, 11) is 0. The van der Waals surface area contributed by atoms with Crippen LogP contribution in [0, 0.1) is 5.82 Å². The van der Waals surface area contributed by atoms with Crippen LogP contribution >= 0.6 is 0 Å². The number of Topliss-reactive ketones (excluding diaryl/α,β-unsaturated/α-hetero) is 1. The Morgan fingerprint density at radius 2 is 1.57 bits per heavy atom. The fourth-order valence-corrected chi connectivity index (χ4v) is 3.17. The summed E-state index contributed by atoms with van der Waals surface area (Å²) in [5, 5.41) is 10.8. The molecule has 0 unspecified atom stereocenters. The van der Waals surface area contributed by atoms with Gasteiger partial charge in [-0.05, 0) is 35.9 Å². The molecule has 1 saturated heterocycles. The smallest absolute Gasteiger partial charge is 0.302 e. The Hall–Kier alpha value is -3.87. The number of anilines is 1. The third-order valence-corrected chi connectivity index (χ3v) is 4.45. The molecule has 6 nitrogen and oxygen atoms in total. The molecule has 1 aromatic heterocycles. The number of carbonyl (C=O) groups excluding carboxylic acids is 2. The molecular formula is C21H14FN3O3. The number of benzene rings is 2. The quantitative estimate of drug-likeness (QED) is 0.432. The fraction of sp³-hybridized carbons (Fsp3) is 0.0476. The zero-order valence-corrected chi connectivity index (χ0v) is 14.5. The fourth-order valence-electron chi connectivity index (χ4n) is 3.17. The summed E-state index contributed by atoms with van der Waals surface area (Å²) in [6.45, 7) is 0. The Kier molecular flexibility index (Phi) is 4.41. The van der Waals surface area contributed by atoms with Gasteiger partial charge >= 0.3 is 5.91 Å². The number of hydrogen-bond acceptors (Lipinski definition) is 5. The number of nitrogens with zero attached hydrogens (tertiary/aromatic N) is 3. The van der Waals surface area contributed by atoms with E-state index >= 15 is 0 Å². The molecule has 0 aliphatic carbocycles. The van der Waals surface area contributed by atoms with Gasteiger partial charge in [-0.3, -0.25) is 14.5 Å². The molecule has 2 heterocycles. The van der Waals surface area contributed by atoms with Crippen LogP contribution in [0.3, 0.4) is 0 Å². The monoisotopic (exact) mass is 375 g/mol. The number of amides is 1. The molecule has 0 bridgehead atoms. The molecule has 0 spiro atoms. The highest BCUT2D eigenvalue weighted by atomic mass is 19.1. The standard InChI is InChI=1S/C21H14FN3O3/c22-15-9-7-14(8-10-15)18(26)16-17(13-5-2-1-3-6-13)25(20(28)19(16)27)21-23-11-4-12-24-21/h1-12,17,26H/b18-16+/t17-/m1/s1. The van der Waals surface area contributed by atoms with Crippen molar-refractivity contribution in [1.29, 1.82) is 0 Å². The first-order valence-electron chi connectivity index (χ1n) is 8.47. The van der Waals surface area contributed by atoms with Gasteiger partial charge in [0.05, 0.1) is 11.6 Å². The summed E-state index contributed by atoms with van der Waals surface area (Å²) >= 11 is 0. The Morgan fingerprint density at radius 3 is 2.21 bits per heavy atom. The predicted octanol–water partition coefficient (Wildman–Crippen LogP) is 3.24. The molecule has 0 saturated carbocycles. The molecular weight excluding hydrogens is 361 g/mol. The summed E-state index contributed by atoms with van der Waals surface area (Å²) in [5.74, 6) is -2.51. The van der Waals surface area contributed by atoms with Crippen molar-refractivity contribution in [3.8, 4) is 0 Å². The number of halogens is 1. The van der Waals surface area contributed by atoms with Crippen LogP contribution in [0.25, 0.3) is 5.76 Å². The molecule has 1 N–H and O–H groups in total. The van der Waals surface area contributed by atoms with Gasteiger partial charge in [0.1, 0.15) is 11.6 Å². The van der Waals surface area contributed by atoms with Gasteiger partial charge in [-0.15, -0.1) is 0 Å². The molecule has 0 radical (unpaired) electrons. The normalized spacial score (nSPS) is 18.5. The van der Waals surface area contributed by atoms with Crippen molar-refractivity contribution in [3.63, 3.8) is 0 Å². The minimum Gasteiger partial charge on any atom is -0.507 e. The Bertz CT molecular complexity index is 1070. The number of hydrogen-bond donors (Lipinski definition) is 1. The predicted molar refractivity (Wildman–Crippen MR) is 99.7 cm³/mol. The molecule has 28 heavy (non-hydrogen) atoms. The molecule has 7 heteroatoms. The summed E-state index contributed by atoms with van der Waals surface area (Å²) in [5.41, 5.74) is 0.738. The van der Waals surface area contributed by atoms with Crippen LogP contribution in [0.1, 0.15) is 17.2 Å². The molecule has 1 fully saturated rings. The van der Waals surface area contributed by atoms with Crippen molar-refractivity contribution in [1.82, 2.24) is 9.97 Å². The lowest BCUT2D eigenvalue weighted by atomic mass is 9.95. The van der Waals surface area contributed by atoms with E-state index < -0.39 is 23.5 Å². The van der Waals surface area contributed by atoms with Gasteiger partial charge in [0, 0.05) is 18.0 Å². The van der Waals surface area contributed by atoms with E-state index in [9.17, 15) is 19.1 Å². The average molecular weight is 375 g/mol. The first-order valence-corrected chi connectivity index (χ1v) is 8.47. The van der Waals surface area contributed by atoms with Crippen LogP contribution in [0.5, 0.6) is 0 Å². The topological polar surface area (TPSA) is 83.4 Å². The second-order valence-corrected chi connectivity index (χ2v) is 6.14. The third kappa shape index (κ3) is 2.92. The lowest BCUT2D eigenvalue weighted by Gasteiger charge is -2.23. The first-order chi connectivity index (χ1) is 13.6. The summed E-state index contributed by atoms with van der Waals surface area (Å²) in [6.07, 6.45) is 2.92. The maximum absolute atomic E-state index is 13.2. The second kappa shape index (κ2) is 7.03. The number of carbonyl (C=O) groups is 2. The minimum absolute atomic E-state index is 0.0524. The Balaban J connectivity index is 1.94. The molecule has 4 rings (SSSR count). The highest BCUT2D eigenvalue weighted by Gasteiger charge is 2.48. The van der Waals surface area contributed by atoms with Gasteiger partial charge in [-0.2, -0.15) is 0 Å². The van der Waals surface area contributed by atoms with Crippen LogP contribution in [-0.2, 0) is 9.59 Å². The van der Waals surface area contributed by atoms with Gasteiger partial charge in [-0.1, -0.05) is 30.3 Å². The minimum atomic E-state index is -0.909. The molecule has 2 aromatic carbocycles. The Labute approximate surface area is 159 Å². The van der Waals surface area contributed by atoms with Crippen molar-refractivity contribution in [3.05, 3.63) is 95.6 Å². The summed E-state index contributed by atoms with van der Waals surface area (Å²) < 4.78 is 13.2. The summed E-state index contributed by atoms with van der Waals surface area (Å²) in [6, 6.07) is 14.5. The number of aliphatic hydroxyl groups excluding tert-OH is 1. The van der Waals surface area contributed by atoms with Crippen LogP contribution in [-0.4, -0.2) is 26.8 Å². The average Bonchev–Trinajstić information content (AvgIpc) is 3.00. The van der Waals surface area contributed by atoms with Gasteiger partial charge in [-0.25, -0.2) is 14.4 Å². The van der Waals surface area contributed by atoms with Gasteiger partial charge in [0.2, 0.25) is 5.95 Å². The summed E-state index contributed by atoms with van der Waals surface area (Å²) in [4.78, 5) is 34.9. The highest BCUT2D eigenvalue weighted by molar-refractivity contribution is 6.51. The van der Waals surface area contributed by atoms with Crippen molar-refractivity contribution in [2.45, 2.75) is 6.04 Å². The SMILES string of the molecule is O=C1C(=O)N(c2ncccn2)[C@H](c2ccccc2)/C1=C(\O)c1ccc(F)cc1. The molecule has 1 amide bonds. The maximum Gasteiger partial charge on any atom is 0.302 e. The van der Waals surface area contributed by atoms with E-state index in [-0.39, 0.29) is 22.8 Å². The maximum atomic E-state index is 13.2. The Morgan fingerprint density at radius 1 is 0.929 bits per heavy atom. The number of rotatable bonds is 3. The lowest BCUT2D eigenvalue weighted by Crippen LogP contribution is -2.31. The van der Waals surface area contributed by atoms with E-state index in [1.165, 1.54) is 36.7 Å². The number of aliphatic hydroxyl groups is 1. The van der Waals surface area contributed by atoms with Gasteiger partial charge < -0.3 is 5.11 Å². The van der Waals surface area contributed by atoms with Crippen molar-refractivity contribution >= 4 is 23.4 Å². The molecule has 1 aliphatic heterocycles. The molecule has 1 atom stereocenters. The molecule has 3 aromatic rings. The van der Waals surface area contributed by atoms with E-state index in [2.05, 4.69) is 9.97 Å². The van der Waals surface area contributed by atoms with Crippen LogP contribution in [0.4, 0.5) is 10.3 Å². The number of aromatic nitrogens is 2.